The Kier molecular flexibility index (Phi) is 4.38. The molecule has 3 aliphatic heterocycles. The van der Waals surface area contributed by atoms with Crippen LogP contribution in [0, 0.1) is 29.6 Å². The zero-order valence-electron chi connectivity index (χ0n) is 16.3. The maximum atomic E-state index is 2.62. The molecule has 3 heterocycles. The van der Waals surface area contributed by atoms with Crippen LogP contribution >= 0.6 is 35.3 Å². The van der Waals surface area contributed by atoms with Crippen LogP contribution in [0.4, 0.5) is 0 Å². The van der Waals surface area contributed by atoms with Gasteiger partial charge in [-0.1, -0.05) is 70.2 Å². The van der Waals surface area contributed by atoms with Crippen molar-refractivity contribution in [3.8, 4) is 0 Å². The summed E-state index contributed by atoms with van der Waals surface area (Å²) in [7, 11) is 0. The molecule has 138 valence electrons. The number of allylic oxidation sites excluding steroid dienone is 7. The van der Waals surface area contributed by atoms with E-state index in [1.165, 1.54) is 6.42 Å². The first-order valence-electron chi connectivity index (χ1n) is 10.0. The molecular weight excluding hydrogens is 372 g/mol. The molecule has 1 fully saturated rings. The molecular formula is C23H28S3. The van der Waals surface area contributed by atoms with Crippen molar-refractivity contribution in [2.45, 2.75) is 51.5 Å². The van der Waals surface area contributed by atoms with E-state index in [0.717, 1.165) is 17.1 Å². The molecule has 0 aromatic rings. The fourth-order valence-corrected chi connectivity index (χ4v) is 9.38. The zero-order valence-corrected chi connectivity index (χ0v) is 18.7. The summed E-state index contributed by atoms with van der Waals surface area (Å²) in [6.45, 7) is 11.9. The van der Waals surface area contributed by atoms with Crippen molar-refractivity contribution >= 4 is 35.3 Å². The van der Waals surface area contributed by atoms with Crippen molar-refractivity contribution in [3.05, 3.63) is 55.1 Å². The van der Waals surface area contributed by atoms with Gasteiger partial charge in [-0.2, -0.15) is 0 Å². The maximum Gasteiger partial charge on any atom is 0.0383 e. The lowest BCUT2D eigenvalue weighted by Gasteiger charge is -2.25. The average molecular weight is 401 g/mol. The third kappa shape index (κ3) is 2.68. The van der Waals surface area contributed by atoms with Gasteiger partial charge in [0.1, 0.15) is 0 Å². The van der Waals surface area contributed by atoms with E-state index in [1.54, 1.807) is 30.8 Å². The van der Waals surface area contributed by atoms with Gasteiger partial charge in [0, 0.05) is 32.1 Å². The van der Waals surface area contributed by atoms with Gasteiger partial charge in [-0.15, -0.1) is 23.5 Å². The molecule has 3 heteroatoms. The van der Waals surface area contributed by atoms with E-state index in [-0.39, 0.29) is 0 Å². The Bertz CT molecular complexity index is 805. The van der Waals surface area contributed by atoms with Crippen LogP contribution in [-0.2, 0) is 0 Å². The Hall–Kier alpha value is -0.250. The van der Waals surface area contributed by atoms with Gasteiger partial charge in [-0.05, 0) is 45.6 Å². The second-order valence-electron chi connectivity index (χ2n) is 8.95. The fraction of sp³-hybridized carbons (Fsp3) is 0.565. The van der Waals surface area contributed by atoms with Crippen LogP contribution in [0.3, 0.4) is 0 Å². The summed E-state index contributed by atoms with van der Waals surface area (Å²) in [6, 6.07) is 0. The Morgan fingerprint density at radius 1 is 1.04 bits per heavy atom. The van der Waals surface area contributed by atoms with Crippen molar-refractivity contribution in [2.75, 3.05) is 0 Å². The first-order valence-corrected chi connectivity index (χ1v) is 12.6. The SMILES string of the molecule is CC(C)C1=CC2C=C3C(=CC2S1)SC1=CC2=C(CC13)C(C)C(C(C)C)S2. The van der Waals surface area contributed by atoms with Crippen LogP contribution in [-0.4, -0.2) is 10.5 Å². The third-order valence-electron chi connectivity index (χ3n) is 6.47. The lowest BCUT2D eigenvalue weighted by atomic mass is 9.78. The molecule has 0 aromatic heterocycles. The van der Waals surface area contributed by atoms with Crippen LogP contribution in [0.1, 0.15) is 41.0 Å². The molecule has 0 bridgehead atoms. The molecule has 5 atom stereocenters. The van der Waals surface area contributed by atoms with Gasteiger partial charge in [0.15, 0.2) is 0 Å². The summed E-state index contributed by atoms with van der Waals surface area (Å²) < 4.78 is 0. The van der Waals surface area contributed by atoms with E-state index < -0.39 is 0 Å². The topological polar surface area (TPSA) is 0 Å². The molecule has 0 aromatic carbocycles. The van der Waals surface area contributed by atoms with Crippen molar-refractivity contribution in [1.29, 1.82) is 0 Å². The van der Waals surface area contributed by atoms with Crippen LogP contribution in [0.25, 0.3) is 0 Å². The average Bonchev–Trinajstić information content (AvgIpc) is 3.24. The van der Waals surface area contributed by atoms with Crippen molar-refractivity contribution < 1.29 is 0 Å². The first-order chi connectivity index (χ1) is 12.4. The third-order valence-corrected chi connectivity index (χ3v) is 11.2. The molecule has 0 spiro atoms. The van der Waals surface area contributed by atoms with Gasteiger partial charge < -0.3 is 0 Å². The second kappa shape index (κ2) is 6.39. The lowest BCUT2D eigenvalue weighted by molar-refractivity contribution is 0.493. The molecule has 0 radical (unpaired) electrons. The van der Waals surface area contributed by atoms with Gasteiger partial charge >= 0.3 is 0 Å². The molecule has 0 nitrogen and oxygen atoms in total. The number of rotatable bonds is 2. The van der Waals surface area contributed by atoms with Crippen LogP contribution < -0.4 is 0 Å². The van der Waals surface area contributed by atoms with E-state index in [4.69, 9.17) is 0 Å². The summed E-state index contributed by atoms with van der Waals surface area (Å²) >= 11 is 6.32. The smallest absolute Gasteiger partial charge is 0.0383 e. The fourth-order valence-electron chi connectivity index (χ4n) is 5.01. The number of fused-ring (bicyclic) bond motifs is 4. The Morgan fingerprint density at radius 3 is 2.58 bits per heavy atom. The van der Waals surface area contributed by atoms with Gasteiger partial charge in [0.25, 0.3) is 0 Å². The summed E-state index contributed by atoms with van der Waals surface area (Å²) in [6.07, 6.45) is 11.6. The van der Waals surface area contributed by atoms with Crippen LogP contribution in [0.15, 0.2) is 55.1 Å². The predicted molar refractivity (Wildman–Crippen MR) is 120 cm³/mol. The van der Waals surface area contributed by atoms with E-state index >= 15 is 0 Å². The maximum absolute atomic E-state index is 2.62. The Balaban J connectivity index is 1.44. The normalized spacial score (nSPS) is 37.9. The number of hydrogen-bond acceptors (Lipinski definition) is 3. The first kappa shape index (κ1) is 17.8. The number of thioether (sulfide) groups is 3. The molecule has 0 saturated carbocycles. The lowest BCUT2D eigenvalue weighted by Crippen LogP contribution is -2.20. The summed E-state index contributed by atoms with van der Waals surface area (Å²) in [5, 5.41) is 1.40. The zero-order chi connectivity index (χ0) is 18.2. The van der Waals surface area contributed by atoms with Crippen molar-refractivity contribution in [1.82, 2.24) is 0 Å². The highest BCUT2D eigenvalue weighted by molar-refractivity contribution is 8.08. The minimum absolute atomic E-state index is 0.616. The molecule has 0 amide bonds. The van der Waals surface area contributed by atoms with Gasteiger partial charge in [0.05, 0.1) is 0 Å². The standard InChI is InChI=1S/C23H28S3/c1-11(2)18-7-14-6-16-17-8-15-13(5)23(12(3)4)26-20(15)10-22(17)25-21(16)9-19(14)24-18/h6-7,9-14,17,19,23H,8H2,1-5H3. The van der Waals surface area contributed by atoms with Crippen molar-refractivity contribution in [2.24, 2.45) is 29.6 Å². The Labute approximate surface area is 171 Å². The molecule has 1 saturated heterocycles. The molecule has 5 rings (SSSR count). The van der Waals surface area contributed by atoms with Gasteiger partial charge in [0.2, 0.25) is 0 Å². The monoisotopic (exact) mass is 400 g/mol. The molecule has 5 unspecified atom stereocenters. The molecule has 2 aliphatic carbocycles. The Morgan fingerprint density at radius 2 is 1.85 bits per heavy atom. The van der Waals surface area contributed by atoms with Crippen molar-refractivity contribution in [3.63, 3.8) is 0 Å². The summed E-state index contributed by atoms with van der Waals surface area (Å²) in [5.41, 5.74) is 3.38. The molecule has 0 N–H and O–H groups in total. The minimum atomic E-state index is 0.616. The highest BCUT2D eigenvalue weighted by Gasteiger charge is 2.44. The molecule has 5 aliphatic rings. The van der Waals surface area contributed by atoms with Gasteiger partial charge in [-0.25, -0.2) is 0 Å². The predicted octanol–water partition coefficient (Wildman–Crippen LogP) is 7.39. The summed E-state index contributed by atoms with van der Waals surface area (Å²) in [4.78, 5) is 6.37. The summed E-state index contributed by atoms with van der Waals surface area (Å²) in [5.74, 6) is 3.41. The van der Waals surface area contributed by atoms with E-state index in [9.17, 15) is 0 Å². The van der Waals surface area contributed by atoms with Gasteiger partial charge in [-0.3, -0.25) is 0 Å². The largest absolute Gasteiger partial charge is 0.122 e. The minimum Gasteiger partial charge on any atom is -0.122 e. The highest BCUT2D eigenvalue weighted by atomic mass is 32.2. The van der Waals surface area contributed by atoms with Crippen LogP contribution in [0.5, 0.6) is 0 Å². The van der Waals surface area contributed by atoms with E-state index in [2.05, 4.69) is 94.2 Å². The second-order valence-corrected chi connectivity index (χ2v) is 12.5. The number of hydrogen-bond donors (Lipinski definition) is 0. The van der Waals surface area contributed by atoms with Crippen LogP contribution in [0.2, 0.25) is 0 Å². The van der Waals surface area contributed by atoms with E-state index in [0.29, 0.717) is 23.0 Å². The highest BCUT2D eigenvalue weighted by Crippen LogP contribution is 2.61. The quantitative estimate of drug-likeness (QED) is 0.474. The molecule has 26 heavy (non-hydrogen) atoms. The van der Waals surface area contributed by atoms with E-state index in [1.807, 2.05) is 0 Å².